The quantitative estimate of drug-likeness (QED) is 0.795. The van der Waals surface area contributed by atoms with Gasteiger partial charge in [0.05, 0.1) is 5.56 Å². The van der Waals surface area contributed by atoms with Crippen LogP contribution in [0, 0.1) is 0 Å². The maximum absolute atomic E-state index is 13.0. The van der Waals surface area contributed by atoms with Gasteiger partial charge in [-0.15, -0.1) is 0 Å². The number of carbonyl (C=O) groups is 2. The lowest BCUT2D eigenvalue weighted by Gasteiger charge is -2.20. The van der Waals surface area contributed by atoms with E-state index in [0.29, 0.717) is 5.56 Å². The Hall–Kier alpha value is -3.03. The van der Waals surface area contributed by atoms with Crippen molar-refractivity contribution in [3.63, 3.8) is 0 Å². The summed E-state index contributed by atoms with van der Waals surface area (Å²) in [6, 6.07) is 12.5. The summed E-state index contributed by atoms with van der Waals surface area (Å²) in [6.07, 6.45) is -7.39. The molecule has 26 heavy (non-hydrogen) atoms. The summed E-state index contributed by atoms with van der Waals surface area (Å²) in [4.78, 5) is 23.7. The molecule has 0 spiro atoms. The molecule has 2 rings (SSSR count). The average Bonchev–Trinajstić information content (AvgIpc) is 2.59. The molecule has 0 aliphatic heterocycles. The minimum Gasteiger partial charge on any atom is -0.478 e. The first-order valence-electron chi connectivity index (χ1n) is 7.57. The second kappa shape index (κ2) is 7.90. The number of halogens is 3. The van der Waals surface area contributed by atoms with E-state index >= 15 is 0 Å². The molecule has 0 aliphatic rings. The van der Waals surface area contributed by atoms with E-state index in [1.54, 1.807) is 18.2 Å². The Morgan fingerprint density at radius 1 is 1.00 bits per heavy atom. The van der Waals surface area contributed by atoms with Crippen LogP contribution in [-0.4, -0.2) is 18.0 Å². The Kier molecular flexibility index (Phi) is 5.86. The molecule has 0 fully saturated rings. The fourth-order valence-electron chi connectivity index (χ4n) is 2.17. The fraction of sp³-hybridized carbons (Fsp3) is 0.222. The molecule has 2 N–H and O–H groups in total. The Balaban J connectivity index is 2.14. The molecule has 0 saturated carbocycles. The van der Waals surface area contributed by atoms with Gasteiger partial charge in [0, 0.05) is 5.56 Å². The largest absolute Gasteiger partial charge is 0.478 e. The highest BCUT2D eigenvalue weighted by Crippen LogP contribution is 2.36. The number of benzene rings is 2. The van der Waals surface area contributed by atoms with Crippen molar-refractivity contribution in [3.05, 3.63) is 65.7 Å². The predicted octanol–water partition coefficient (Wildman–Crippen LogP) is 3.24. The van der Waals surface area contributed by atoms with Crippen LogP contribution in [0.15, 0.2) is 54.6 Å². The Labute approximate surface area is 147 Å². The number of hydrogen-bond donors (Lipinski definition) is 1. The molecule has 2 atom stereocenters. The van der Waals surface area contributed by atoms with Crippen molar-refractivity contribution in [2.75, 3.05) is 0 Å². The summed E-state index contributed by atoms with van der Waals surface area (Å²) in [7, 11) is 0. The summed E-state index contributed by atoms with van der Waals surface area (Å²) in [5, 5.41) is 0. The monoisotopic (exact) mass is 367 g/mol. The van der Waals surface area contributed by atoms with Crippen molar-refractivity contribution in [1.82, 2.24) is 0 Å². The van der Waals surface area contributed by atoms with Gasteiger partial charge in [-0.05, 0) is 19.1 Å². The van der Waals surface area contributed by atoms with Crippen LogP contribution in [-0.2, 0) is 20.5 Å². The molecule has 2 aromatic rings. The van der Waals surface area contributed by atoms with Crippen LogP contribution in [0.5, 0.6) is 5.75 Å². The zero-order chi connectivity index (χ0) is 19.3. The molecule has 138 valence electrons. The van der Waals surface area contributed by atoms with Crippen LogP contribution in [0.4, 0.5) is 13.2 Å². The highest BCUT2D eigenvalue weighted by atomic mass is 19.4. The molecule has 0 saturated heterocycles. The van der Waals surface area contributed by atoms with Gasteiger partial charge in [-0.3, -0.25) is 4.79 Å². The minimum atomic E-state index is -4.64. The van der Waals surface area contributed by atoms with Gasteiger partial charge in [0.25, 0.3) is 5.91 Å². The Morgan fingerprint density at radius 3 is 2.15 bits per heavy atom. The number of nitrogens with two attached hydrogens (primary N) is 1. The van der Waals surface area contributed by atoms with Gasteiger partial charge in [0.1, 0.15) is 5.75 Å². The van der Waals surface area contributed by atoms with Crippen molar-refractivity contribution in [2.24, 2.45) is 5.73 Å². The molecule has 0 aromatic heterocycles. The normalized spacial score (nSPS) is 13.5. The number of esters is 1. The maximum atomic E-state index is 13.0. The lowest BCUT2D eigenvalue weighted by molar-refractivity contribution is -0.162. The van der Waals surface area contributed by atoms with Gasteiger partial charge in [0.2, 0.25) is 6.10 Å². The van der Waals surface area contributed by atoms with Crippen LogP contribution in [0.1, 0.15) is 24.2 Å². The third-order valence-corrected chi connectivity index (χ3v) is 3.42. The molecule has 0 heterocycles. The molecule has 0 aliphatic carbocycles. The smallest absolute Gasteiger partial charge is 0.419 e. The number of amides is 1. The van der Waals surface area contributed by atoms with E-state index in [2.05, 4.69) is 0 Å². The van der Waals surface area contributed by atoms with E-state index in [-0.39, 0.29) is 0 Å². The van der Waals surface area contributed by atoms with E-state index in [4.69, 9.17) is 15.2 Å². The minimum absolute atomic E-state index is 0.344. The number of para-hydroxylation sites is 1. The van der Waals surface area contributed by atoms with Crippen molar-refractivity contribution in [1.29, 1.82) is 0 Å². The van der Waals surface area contributed by atoms with Gasteiger partial charge in [-0.2, -0.15) is 13.2 Å². The summed E-state index contributed by atoms with van der Waals surface area (Å²) >= 11 is 0. The summed E-state index contributed by atoms with van der Waals surface area (Å²) in [5.41, 5.74) is 4.57. The van der Waals surface area contributed by atoms with Crippen molar-refractivity contribution in [3.8, 4) is 5.75 Å². The second-order valence-corrected chi connectivity index (χ2v) is 5.38. The molecule has 0 bridgehead atoms. The van der Waals surface area contributed by atoms with Crippen molar-refractivity contribution in [2.45, 2.75) is 25.3 Å². The summed E-state index contributed by atoms with van der Waals surface area (Å²) in [5.74, 6) is -2.44. The highest BCUT2D eigenvalue weighted by Gasteiger charge is 2.35. The molecular weight excluding hydrogens is 351 g/mol. The lowest BCUT2D eigenvalue weighted by Crippen LogP contribution is -2.33. The zero-order valence-electron chi connectivity index (χ0n) is 13.7. The number of alkyl halides is 3. The standard InChI is InChI=1S/C18H16F3NO4/c1-11(25-14-10-6-5-9-13(14)18(19,20)21)17(24)26-15(16(22)23)12-7-3-2-4-8-12/h2-11,15H,1H3,(H2,22,23). The summed E-state index contributed by atoms with van der Waals surface area (Å²) < 4.78 is 49.1. The fourth-order valence-corrected chi connectivity index (χ4v) is 2.17. The first-order valence-corrected chi connectivity index (χ1v) is 7.57. The Morgan fingerprint density at radius 2 is 1.58 bits per heavy atom. The molecule has 1 amide bonds. The number of hydrogen-bond acceptors (Lipinski definition) is 4. The van der Waals surface area contributed by atoms with E-state index in [1.165, 1.54) is 31.2 Å². The van der Waals surface area contributed by atoms with Gasteiger partial charge < -0.3 is 15.2 Å². The van der Waals surface area contributed by atoms with E-state index < -0.39 is 41.6 Å². The number of ether oxygens (including phenoxy) is 2. The SMILES string of the molecule is CC(Oc1ccccc1C(F)(F)F)C(=O)OC(C(N)=O)c1ccccc1. The molecular formula is C18H16F3NO4. The molecule has 2 aromatic carbocycles. The number of rotatable bonds is 6. The van der Waals surface area contributed by atoms with Gasteiger partial charge in [0.15, 0.2) is 6.10 Å². The predicted molar refractivity (Wildman–Crippen MR) is 86.0 cm³/mol. The number of primary amides is 1. The van der Waals surface area contributed by atoms with Crippen molar-refractivity contribution < 1.29 is 32.2 Å². The van der Waals surface area contributed by atoms with E-state index in [0.717, 1.165) is 12.1 Å². The molecule has 8 heteroatoms. The third kappa shape index (κ3) is 4.75. The van der Waals surface area contributed by atoms with Crippen LogP contribution in [0.3, 0.4) is 0 Å². The van der Waals surface area contributed by atoms with Crippen molar-refractivity contribution >= 4 is 11.9 Å². The van der Waals surface area contributed by atoms with Gasteiger partial charge >= 0.3 is 12.1 Å². The molecule has 2 unspecified atom stereocenters. The van der Waals surface area contributed by atoms with Crippen LogP contribution in [0.25, 0.3) is 0 Å². The third-order valence-electron chi connectivity index (χ3n) is 3.42. The first kappa shape index (κ1) is 19.3. The second-order valence-electron chi connectivity index (χ2n) is 5.38. The number of carbonyl (C=O) groups excluding carboxylic acids is 2. The summed E-state index contributed by atoms with van der Waals surface area (Å²) in [6.45, 7) is 1.22. The van der Waals surface area contributed by atoms with E-state index in [9.17, 15) is 22.8 Å². The van der Waals surface area contributed by atoms with Gasteiger partial charge in [-0.1, -0.05) is 42.5 Å². The van der Waals surface area contributed by atoms with Gasteiger partial charge in [-0.25, -0.2) is 4.79 Å². The van der Waals surface area contributed by atoms with Crippen LogP contribution >= 0.6 is 0 Å². The average molecular weight is 367 g/mol. The highest BCUT2D eigenvalue weighted by molar-refractivity contribution is 5.84. The first-order chi connectivity index (χ1) is 12.2. The lowest BCUT2D eigenvalue weighted by atomic mass is 10.1. The zero-order valence-corrected chi connectivity index (χ0v) is 13.7. The topological polar surface area (TPSA) is 78.6 Å². The van der Waals surface area contributed by atoms with Crippen LogP contribution < -0.4 is 10.5 Å². The maximum Gasteiger partial charge on any atom is 0.419 e. The molecule has 5 nitrogen and oxygen atoms in total. The van der Waals surface area contributed by atoms with E-state index in [1.807, 2.05) is 0 Å². The Bertz CT molecular complexity index is 778. The molecule has 0 radical (unpaired) electrons. The van der Waals surface area contributed by atoms with Crippen LogP contribution in [0.2, 0.25) is 0 Å².